The number of carbonyl (C=O) groups is 1. The monoisotopic (exact) mass is 553 g/mol. The first kappa shape index (κ1) is 27.1. The molecule has 1 amide bonds. The summed E-state index contributed by atoms with van der Waals surface area (Å²) in [6.07, 6.45) is -9.51. The average molecular weight is 554 g/mol. The van der Waals surface area contributed by atoms with Gasteiger partial charge in [-0.25, -0.2) is 0 Å². The Labute approximate surface area is 217 Å². The molecule has 0 radical (unpaired) electrons. The molecule has 0 saturated heterocycles. The van der Waals surface area contributed by atoms with Crippen molar-refractivity contribution >= 4 is 23.2 Å². The van der Waals surface area contributed by atoms with Crippen LogP contribution in [0.15, 0.2) is 72.8 Å². The Morgan fingerprint density at radius 1 is 0.947 bits per heavy atom. The highest BCUT2D eigenvalue weighted by atomic mass is 35.5. The minimum absolute atomic E-state index is 0.0152. The molecule has 0 aliphatic heterocycles. The van der Waals surface area contributed by atoms with Gasteiger partial charge < -0.3 is 10.0 Å². The summed E-state index contributed by atoms with van der Waals surface area (Å²) >= 11 is 5.92. The smallest absolute Gasteiger partial charge is 0.435 e. The number of aromatic hydroxyl groups is 1. The van der Waals surface area contributed by atoms with Crippen molar-refractivity contribution in [1.82, 2.24) is 9.78 Å². The summed E-state index contributed by atoms with van der Waals surface area (Å²) < 4.78 is 81.2. The zero-order chi connectivity index (χ0) is 27.8. The summed E-state index contributed by atoms with van der Waals surface area (Å²) in [7, 11) is 1.27. The first-order valence-electron chi connectivity index (χ1n) is 10.9. The molecule has 1 aromatic heterocycles. The van der Waals surface area contributed by atoms with E-state index in [0.717, 1.165) is 39.9 Å². The molecule has 3 aromatic carbocycles. The Hall–Kier alpha value is -3.99. The van der Waals surface area contributed by atoms with E-state index in [1.54, 1.807) is 24.3 Å². The molecule has 5 nitrogen and oxygen atoms in total. The van der Waals surface area contributed by atoms with Crippen LogP contribution in [0.3, 0.4) is 0 Å². The minimum Gasteiger partial charge on any atom is -0.507 e. The molecule has 0 unspecified atom stereocenters. The maximum absolute atomic E-state index is 13.7. The van der Waals surface area contributed by atoms with Gasteiger partial charge in [-0.2, -0.15) is 31.4 Å². The quantitative estimate of drug-likeness (QED) is 0.263. The number of benzene rings is 3. The zero-order valence-electron chi connectivity index (χ0n) is 19.5. The Kier molecular flexibility index (Phi) is 7.16. The number of phenolic OH excluding ortho intramolecular Hbond substituents is 1. The van der Waals surface area contributed by atoms with E-state index in [9.17, 15) is 36.2 Å². The Balaban J connectivity index is 1.79. The molecular weight excluding hydrogens is 536 g/mol. The number of nitrogens with zero attached hydrogens (tertiary/aromatic N) is 3. The maximum Gasteiger partial charge on any atom is 0.435 e. The van der Waals surface area contributed by atoms with E-state index in [1.807, 2.05) is 0 Å². The predicted octanol–water partition coefficient (Wildman–Crippen LogP) is 7.33. The van der Waals surface area contributed by atoms with Crippen LogP contribution in [0.2, 0.25) is 5.02 Å². The lowest BCUT2D eigenvalue weighted by Gasteiger charge is -2.25. The molecule has 12 heteroatoms. The van der Waals surface area contributed by atoms with Crippen molar-refractivity contribution in [3.63, 3.8) is 0 Å². The number of aryl methyl sites for hydroxylation is 1. The van der Waals surface area contributed by atoms with Gasteiger partial charge in [-0.05, 0) is 48.0 Å². The maximum atomic E-state index is 13.7. The molecule has 0 fully saturated rings. The molecule has 4 aromatic rings. The summed E-state index contributed by atoms with van der Waals surface area (Å²) in [6.45, 7) is -0.190. The van der Waals surface area contributed by atoms with Crippen LogP contribution in [0.5, 0.6) is 5.75 Å². The lowest BCUT2D eigenvalue weighted by molar-refractivity contribution is -0.141. The first-order chi connectivity index (χ1) is 17.8. The summed E-state index contributed by atoms with van der Waals surface area (Å²) in [5, 5.41) is 14.5. The molecule has 0 saturated carbocycles. The minimum atomic E-state index is -4.81. The van der Waals surface area contributed by atoms with E-state index in [0.29, 0.717) is 10.6 Å². The van der Waals surface area contributed by atoms with Gasteiger partial charge in [-0.3, -0.25) is 9.48 Å². The van der Waals surface area contributed by atoms with Crippen molar-refractivity contribution in [3.8, 4) is 17.0 Å². The largest absolute Gasteiger partial charge is 0.507 e. The second-order valence-electron chi connectivity index (χ2n) is 8.30. The molecule has 1 N–H and O–H groups in total. The van der Waals surface area contributed by atoms with Gasteiger partial charge in [-0.15, -0.1) is 0 Å². The number of alkyl halides is 6. The first-order valence-corrected chi connectivity index (χ1v) is 11.3. The SMILES string of the molecule is Cn1nc(C(F)(F)F)cc1-c1ccc(N(Cc2ccc(Cl)cc2)C(=O)c2ccccc2C(F)(F)F)cc1O. The predicted molar refractivity (Wildman–Crippen MR) is 129 cm³/mol. The van der Waals surface area contributed by atoms with Crippen LogP contribution in [-0.4, -0.2) is 20.8 Å². The summed E-state index contributed by atoms with van der Waals surface area (Å²) in [4.78, 5) is 14.5. The molecular formula is C26H18ClF6N3O2. The van der Waals surface area contributed by atoms with E-state index in [4.69, 9.17) is 11.6 Å². The van der Waals surface area contributed by atoms with Crippen LogP contribution in [0.25, 0.3) is 11.3 Å². The Morgan fingerprint density at radius 2 is 1.61 bits per heavy atom. The van der Waals surface area contributed by atoms with E-state index < -0.39 is 40.8 Å². The fourth-order valence-electron chi connectivity index (χ4n) is 3.88. The molecule has 38 heavy (non-hydrogen) atoms. The molecule has 0 atom stereocenters. The molecule has 4 rings (SSSR count). The molecule has 0 spiro atoms. The van der Waals surface area contributed by atoms with Crippen LogP contribution in [-0.2, 0) is 25.9 Å². The van der Waals surface area contributed by atoms with E-state index in [1.165, 1.54) is 25.2 Å². The van der Waals surface area contributed by atoms with Gasteiger partial charge in [0.25, 0.3) is 5.91 Å². The number of carbonyl (C=O) groups excluding carboxylic acids is 1. The fraction of sp³-hybridized carbons (Fsp3) is 0.154. The molecule has 0 aliphatic carbocycles. The topological polar surface area (TPSA) is 58.4 Å². The second-order valence-corrected chi connectivity index (χ2v) is 8.74. The van der Waals surface area contributed by atoms with Crippen LogP contribution in [0.1, 0.15) is 27.2 Å². The van der Waals surface area contributed by atoms with Crippen molar-refractivity contribution in [2.75, 3.05) is 4.90 Å². The van der Waals surface area contributed by atoms with Gasteiger partial charge in [0, 0.05) is 29.4 Å². The fourth-order valence-corrected chi connectivity index (χ4v) is 4.00. The third-order valence-corrected chi connectivity index (χ3v) is 5.95. The Bertz CT molecular complexity index is 1480. The molecule has 0 aliphatic rings. The summed E-state index contributed by atoms with van der Waals surface area (Å²) in [5.41, 5.74) is -2.45. The van der Waals surface area contributed by atoms with Gasteiger partial charge in [0.15, 0.2) is 5.69 Å². The van der Waals surface area contributed by atoms with Crippen molar-refractivity contribution in [2.45, 2.75) is 18.9 Å². The lowest BCUT2D eigenvalue weighted by atomic mass is 10.0. The van der Waals surface area contributed by atoms with E-state index in [-0.39, 0.29) is 23.5 Å². The number of halogens is 7. The summed E-state index contributed by atoms with van der Waals surface area (Å²) in [5.74, 6) is -1.50. The average Bonchev–Trinajstić information content (AvgIpc) is 3.24. The van der Waals surface area contributed by atoms with Gasteiger partial charge in [-0.1, -0.05) is 35.9 Å². The second kappa shape index (κ2) is 10.1. The van der Waals surface area contributed by atoms with Crippen LogP contribution in [0.4, 0.5) is 32.0 Å². The van der Waals surface area contributed by atoms with Crippen molar-refractivity contribution in [3.05, 3.63) is 100 Å². The van der Waals surface area contributed by atoms with Crippen molar-refractivity contribution in [1.29, 1.82) is 0 Å². The standard InChI is InChI=1S/C26H18ClF6N3O2/c1-35-21(13-23(34-35)26(31,32)33)19-11-10-17(12-22(19)37)36(14-15-6-8-16(27)9-7-15)24(38)18-4-2-3-5-20(18)25(28,29)30/h2-13,37H,14H2,1H3. The number of amides is 1. The number of phenols is 1. The van der Waals surface area contributed by atoms with Crippen LogP contribution in [0, 0.1) is 0 Å². The van der Waals surface area contributed by atoms with Gasteiger partial charge >= 0.3 is 12.4 Å². The third kappa shape index (κ3) is 5.62. The van der Waals surface area contributed by atoms with Gasteiger partial charge in [0.2, 0.25) is 0 Å². The highest BCUT2D eigenvalue weighted by Gasteiger charge is 2.37. The number of hydrogen-bond donors (Lipinski definition) is 1. The molecule has 198 valence electrons. The van der Waals surface area contributed by atoms with Crippen molar-refractivity contribution in [2.24, 2.45) is 7.05 Å². The van der Waals surface area contributed by atoms with Crippen LogP contribution < -0.4 is 4.90 Å². The number of rotatable bonds is 5. The third-order valence-electron chi connectivity index (χ3n) is 5.70. The highest BCUT2D eigenvalue weighted by molar-refractivity contribution is 6.30. The zero-order valence-corrected chi connectivity index (χ0v) is 20.2. The highest BCUT2D eigenvalue weighted by Crippen LogP contribution is 2.38. The number of anilines is 1. The van der Waals surface area contributed by atoms with Crippen LogP contribution >= 0.6 is 11.6 Å². The normalized spacial score (nSPS) is 12.0. The van der Waals surface area contributed by atoms with E-state index in [2.05, 4.69) is 5.10 Å². The van der Waals surface area contributed by atoms with Crippen molar-refractivity contribution < 1.29 is 36.2 Å². The van der Waals surface area contributed by atoms with E-state index >= 15 is 0 Å². The number of aromatic nitrogens is 2. The Morgan fingerprint density at radius 3 is 2.18 bits per heavy atom. The van der Waals surface area contributed by atoms with Gasteiger partial charge in [0.05, 0.1) is 23.4 Å². The molecule has 1 heterocycles. The lowest BCUT2D eigenvalue weighted by Crippen LogP contribution is -2.32. The summed E-state index contributed by atoms with van der Waals surface area (Å²) in [6, 6.07) is 15.0. The molecule has 0 bridgehead atoms. The number of hydrogen-bond acceptors (Lipinski definition) is 3. The van der Waals surface area contributed by atoms with Gasteiger partial charge in [0.1, 0.15) is 5.75 Å².